The van der Waals surface area contributed by atoms with E-state index in [4.69, 9.17) is 4.74 Å². The monoisotopic (exact) mass is 411 g/mol. The molecule has 2 saturated heterocycles. The number of carbonyl (C=O) groups is 1. The zero-order valence-electron chi connectivity index (χ0n) is 19.0. The smallest absolute Gasteiger partial charge is 0.317 e. The van der Waals surface area contributed by atoms with Gasteiger partial charge >= 0.3 is 6.03 Å². The summed E-state index contributed by atoms with van der Waals surface area (Å²) in [6, 6.07) is 8.64. The predicted octanol–water partition coefficient (Wildman–Crippen LogP) is 5.21. The summed E-state index contributed by atoms with van der Waals surface area (Å²) in [5.41, 5.74) is 4.03. The van der Waals surface area contributed by atoms with Crippen molar-refractivity contribution in [1.82, 2.24) is 15.2 Å². The van der Waals surface area contributed by atoms with Crippen molar-refractivity contribution in [3.8, 4) is 0 Å². The Morgan fingerprint density at radius 3 is 2.67 bits per heavy atom. The number of fused-ring (bicyclic) bond motifs is 1. The zero-order valence-corrected chi connectivity index (χ0v) is 19.0. The van der Waals surface area contributed by atoms with Crippen LogP contribution in [0.3, 0.4) is 0 Å². The van der Waals surface area contributed by atoms with Gasteiger partial charge in [-0.25, -0.2) is 4.79 Å². The molecule has 2 N–H and O–H groups in total. The van der Waals surface area contributed by atoms with Gasteiger partial charge in [-0.15, -0.1) is 0 Å². The number of aromatic nitrogens is 1. The van der Waals surface area contributed by atoms with Gasteiger partial charge in [0.15, 0.2) is 0 Å². The number of hydrogen-bond acceptors (Lipinski definition) is 2. The van der Waals surface area contributed by atoms with E-state index < -0.39 is 0 Å². The minimum atomic E-state index is 0.0855. The lowest BCUT2D eigenvalue weighted by atomic mass is 9.78. The number of piperidine rings is 1. The summed E-state index contributed by atoms with van der Waals surface area (Å²) in [7, 11) is 0. The lowest BCUT2D eigenvalue weighted by molar-refractivity contribution is -0.0839. The van der Waals surface area contributed by atoms with Crippen molar-refractivity contribution >= 4 is 16.9 Å². The topological polar surface area (TPSA) is 57.4 Å². The largest absolute Gasteiger partial charge is 0.377 e. The Bertz CT molecular complexity index is 874. The lowest BCUT2D eigenvalue weighted by Gasteiger charge is -2.40. The number of H-pyrrole nitrogens is 1. The Morgan fingerprint density at radius 2 is 1.93 bits per heavy atom. The number of urea groups is 1. The number of carbonyl (C=O) groups excluding carboxylic acids is 1. The van der Waals surface area contributed by atoms with E-state index in [1.165, 1.54) is 22.2 Å². The second-order valence-electron chi connectivity index (χ2n) is 10.2. The average molecular weight is 412 g/mol. The van der Waals surface area contributed by atoms with Crippen LogP contribution in [0.1, 0.15) is 63.6 Å². The van der Waals surface area contributed by atoms with E-state index >= 15 is 0 Å². The van der Waals surface area contributed by atoms with Crippen molar-refractivity contribution in [1.29, 1.82) is 0 Å². The van der Waals surface area contributed by atoms with Crippen LogP contribution in [0, 0.1) is 18.3 Å². The number of nitrogens with one attached hydrogen (secondary N) is 2. The first-order valence-corrected chi connectivity index (χ1v) is 11.6. The Morgan fingerprint density at radius 1 is 1.20 bits per heavy atom. The maximum absolute atomic E-state index is 12.8. The fraction of sp³-hybridized carbons (Fsp3) is 0.640. The van der Waals surface area contributed by atoms with Gasteiger partial charge in [0.25, 0.3) is 0 Å². The van der Waals surface area contributed by atoms with Crippen molar-refractivity contribution in [2.75, 3.05) is 26.2 Å². The number of aryl methyl sites for hydroxylation is 1. The molecule has 0 unspecified atom stereocenters. The van der Waals surface area contributed by atoms with E-state index in [-0.39, 0.29) is 17.6 Å². The first-order chi connectivity index (χ1) is 14.3. The summed E-state index contributed by atoms with van der Waals surface area (Å²) in [5, 5.41) is 4.55. The maximum atomic E-state index is 12.8. The van der Waals surface area contributed by atoms with Crippen LogP contribution in [-0.4, -0.2) is 48.3 Å². The van der Waals surface area contributed by atoms with Gasteiger partial charge in [0, 0.05) is 48.8 Å². The zero-order chi connectivity index (χ0) is 21.3. The van der Waals surface area contributed by atoms with E-state index in [0.717, 1.165) is 45.4 Å². The average Bonchev–Trinajstić information content (AvgIpc) is 3.07. The number of hydrogen-bond donors (Lipinski definition) is 2. The molecule has 2 aliphatic rings. The van der Waals surface area contributed by atoms with E-state index in [0.29, 0.717) is 18.4 Å². The van der Waals surface area contributed by atoms with Crippen LogP contribution in [0.4, 0.5) is 4.79 Å². The van der Waals surface area contributed by atoms with Gasteiger partial charge < -0.3 is 19.9 Å². The molecule has 0 radical (unpaired) electrons. The minimum Gasteiger partial charge on any atom is -0.377 e. The normalized spacial score (nSPS) is 23.7. The molecule has 0 saturated carbocycles. The molecule has 1 aromatic heterocycles. The van der Waals surface area contributed by atoms with Crippen molar-refractivity contribution in [2.24, 2.45) is 11.3 Å². The Kier molecular flexibility index (Phi) is 6.10. The van der Waals surface area contributed by atoms with Crippen LogP contribution in [0.25, 0.3) is 10.9 Å². The molecular formula is C25H37N3O2. The standard InChI is InChI=1S/C25H37N3O2/c1-17-22(20-9-5-6-10-21(20)27-17)18-11-13-28(14-12-18)24(29)26-16-19-8-7-15-30-23(19)25(2,3)4/h5-6,9-10,18-19,23,27H,7-8,11-16H2,1-4H3,(H,26,29)/t19-,23-/m0/s1. The van der Waals surface area contributed by atoms with Crippen LogP contribution in [0.15, 0.2) is 24.3 Å². The molecule has 0 bridgehead atoms. The number of nitrogens with zero attached hydrogens (tertiary/aromatic N) is 1. The summed E-state index contributed by atoms with van der Waals surface area (Å²) in [4.78, 5) is 18.4. The number of likely N-dealkylation sites (tertiary alicyclic amines) is 1. The molecule has 0 spiro atoms. The summed E-state index contributed by atoms with van der Waals surface area (Å²) < 4.78 is 6.07. The van der Waals surface area contributed by atoms with Gasteiger partial charge in [0.2, 0.25) is 0 Å². The molecule has 1 aromatic carbocycles. The van der Waals surface area contributed by atoms with Gasteiger partial charge in [0.05, 0.1) is 6.10 Å². The highest BCUT2D eigenvalue weighted by Gasteiger charge is 2.36. The van der Waals surface area contributed by atoms with Crippen molar-refractivity contribution < 1.29 is 9.53 Å². The van der Waals surface area contributed by atoms with E-state index in [1.807, 2.05) is 4.90 Å². The van der Waals surface area contributed by atoms with Crippen LogP contribution in [0.5, 0.6) is 0 Å². The Hall–Kier alpha value is -2.01. The molecule has 5 nitrogen and oxygen atoms in total. The van der Waals surface area contributed by atoms with Crippen LogP contribution < -0.4 is 5.32 Å². The molecule has 5 heteroatoms. The van der Waals surface area contributed by atoms with E-state index in [9.17, 15) is 4.79 Å². The first-order valence-electron chi connectivity index (χ1n) is 11.6. The summed E-state index contributed by atoms with van der Waals surface area (Å²) in [5.74, 6) is 0.913. The molecule has 2 aliphatic heterocycles. The second kappa shape index (κ2) is 8.62. The van der Waals surface area contributed by atoms with Gasteiger partial charge in [-0.05, 0) is 55.6 Å². The van der Waals surface area contributed by atoms with Crippen LogP contribution >= 0.6 is 0 Å². The van der Waals surface area contributed by atoms with Crippen LogP contribution in [0.2, 0.25) is 0 Å². The van der Waals surface area contributed by atoms with Gasteiger partial charge in [-0.2, -0.15) is 0 Å². The lowest BCUT2D eigenvalue weighted by Crippen LogP contribution is -2.49. The van der Waals surface area contributed by atoms with Crippen molar-refractivity contribution in [2.45, 2.75) is 65.4 Å². The highest BCUT2D eigenvalue weighted by molar-refractivity contribution is 5.85. The summed E-state index contributed by atoms with van der Waals surface area (Å²) >= 11 is 0. The third-order valence-electron chi connectivity index (χ3n) is 6.95. The fourth-order valence-electron chi connectivity index (χ4n) is 5.54. The molecule has 2 amide bonds. The van der Waals surface area contributed by atoms with Crippen molar-refractivity contribution in [3.63, 3.8) is 0 Å². The molecule has 164 valence electrons. The van der Waals surface area contributed by atoms with Crippen molar-refractivity contribution in [3.05, 3.63) is 35.5 Å². The second-order valence-corrected chi connectivity index (χ2v) is 10.2. The number of amides is 2. The van der Waals surface area contributed by atoms with Gasteiger partial charge in [-0.3, -0.25) is 0 Å². The molecule has 30 heavy (non-hydrogen) atoms. The Labute approximate surface area is 180 Å². The number of rotatable bonds is 3. The minimum absolute atomic E-state index is 0.0855. The van der Waals surface area contributed by atoms with E-state index in [1.54, 1.807) is 0 Å². The molecule has 3 heterocycles. The maximum Gasteiger partial charge on any atom is 0.317 e. The summed E-state index contributed by atoms with van der Waals surface area (Å²) in [6.45, 7) is 12.1. The SMILES string of the molecule is Cc1[nH]c2ccccc2c1C1CCN(C(=O)NC[C@@H]2CCCO[C@@H]2C(C)(C)C)CC1. The highest BCUT2D eigenvalue weighted by Crippen LogP contribution is 2.36. The highest BCUT2D eigenvalue weighted by atomic mass is 16.5. The number of para-hydroxylation sites is 1. The third-order valence-corrected chi connectivity index (χ3v) is 6.95. The molecule has 2 atom stereocenters. The fourth-order valence-corrected chi connectivity index (χ4v) is 5.54. The predicted molar refractivity (Wildman–Crippen MR) is 122 cm³/mol. The molecule has 2 fully saturated rings. The summed E-state index contributed by atoms with van der Waals surface area (Å²) in [6.07, 6.45) is 4.47. The van der Waals surface area contributed by atoms with Gasteiger partial charge in [-0.1, -0.05) is 39.0 Å². The third kappa shape index (κ3) is 4.36. The van der Waals surface area contributed by atoms with Gasteiger partial charge in [0.1, 0.15) is 0 Å². The van der Waals surface area contributed by atoms with E-state index in [2.05, 4.69) is 62.3 Å². The molecule has 0 aliphatic carbocycles. The molecule has 4 rings (SSSR count). The van der Waals surface area contributed by atoms with Crippen LogP contribution in [-0.2, 0) is 4.74 Å². The molecular weight excluding hydrogens is 374 g/mol. The first kappa shape index (κ1) is 21.2. The molecule has 2 aromatic rings. The Balaban J connectivity index is 1.33. The number of benzene rings is 1. The number of aromatic amines is 1. The number of ether oxygens (including phenoxy) is 1. The quantitative estimate of drug-likeness (QED) is 0.729.